The van der Waals surface area contributed by atoms with E-state index in [4.69, 9.17) is 9.31 Å². The Kier molecular flexibility index (Phi) is 3.41. The van der Waals surface area contributed by atoms with Crippen molar-refractivity contribution in [1.29, 1.82) is 0 Å². The summed E-state index contributed by atoms with van der Waals surface area (Å²) in [5.41, 5.74) is 1.43. The maximum atomic E-state index is 10.9. The summed E-state index contributed by atoms with van der Waals surface area (Å²) in [6.07, 6.45) is 0. The molecule has 0 radical (unpaired) electrons. The smallest absolute Gasteiger partial charge is 0.407 e. The van der Waals surface area contributed by atoms with Gasteiger partial charge < -0.3 is 9.31 Å². The zero-order valence-electron chi connectivity index (χ0n) is 10.8. The molecule has 2 rings (SSSR count). The number of benzene rings is 1. The summed E-state index contributed by atoms with van der Waals surface area (Å²) in [6.45, 7) is 7.01. The van der Waals surface area contributed by atoms with Gasteiger partial charge in [0.1, 0.15) is 0 Å². The van der Waals surface area contributed by atoms with E-state index in [-0.39, 0.29) is 16.0 Å². The van der Waals surface area contributed by atoms with Crippen molar-refractivity contribution < 1.29 is 14.2 Å². The number of hydrogen-bond acceptors (Lipinski definition) is 4. The van der Waals surface area contributed by atoms with Crippen molar-refractivity contribution in [1.82, 2.24) is 0 Å². The lowest BCUT2D eigenvalue weighted by Crippen LogP contribution is -2.48. The first-order valence-electron chi connectivity index (χ1n) is 5.88. The molecule has 1 fully saturated rings. The fraction of sp³-hybridized carbons (Fsp3) is 0.500. The van der Waals surface area contributed by atoms with E-state index >= 15 is 0 Å². The molecule has 0 amide bonds. The highest BCUT2D eigenvalue weighted by atomic mass is 16.6. The highest BCUT2D eigenvalue weighted by molar-refractivity contribution is 6.62. The molecule has 1 aromatic carbocycles. The van der Waals surface area contributed by atoms with E-state index in [0.29, 0.717) is 18.8 Å². The van der Waals surface area contributed by atoms with Crippen LogP contribution in [0.25, 0.3) is 0 Å². The predicted molar refractivity (Wildman–Crippen MR) is 68.9 cm³/mol. The minimum Gasteiger partial charge on any atom is -0.407 e. The first kappa shape index (κ1) is 13.0. The molecule has 1 aliphatic heterocycles. The molecule has 1 saturated heterocycles. The lowest BCUT2D eigenvalue weighted by atomic mass is 9.73. The standard InChI is InChI=1S/C12H16BNO4/c1-9-10(5-4-6-11(9)14(15)16)13-17-7-12(2,3)8-18-13/h4-6H,7-8H2,1-3H3. The Balaban J connectivity index is 2.25. The molecule has 6 heteroatoms. The Bertz CT molecular complexity index is 465. The van der Waals surface area contributed by atoms with Crippen LogP contribution in [0.5, 0.6) is 0 Å². The van der Waals surface area contributed by atoms with Crippen LogP contribution in [0.3, 0.4) is 0 Å². The summed E-state index contributed by atoms with van der Waals surface area (Å²) in [6, 6.07) is 4.96. The van der Waals surface area contributed by atoms with Crippen molar-refractivity contribution in [3.8, 4) is 0 Å². The SMILES string of the molecule is Cc1c(B2OCC(C)(C)CO2)cccc1[N+](=O)[O-]. The van der Waals surface area contributed by atoms with E-state index in [2.05, 4.69) is 13.8 Å². The van der Waals surface area contributed by atoms with Gasteiger partial charge in [-0.1, -0.05) is 26.0 Å². The van der Waals surface area contributed by atoms with Crippen molar-refractivity contribution in [2.24, 2.45) is 5.41 Å². The van der Waals surface area contributed by atoms with Gasteiger partial charge in [0.25, 0.3) is 5.69 Å². The van der Waals surface area contributed by atoms with Gasteiger partial charge in [-0.3, -0.25) is 10.1 Å². The number of nitro groups is 1. The number of hydrogen-bond donors (Lipinski definition) is 0. The van der Waals surface area contributed by atoms with Crippen molar-refractivity contribution in [2.75, 3.05) is 13.2 Å². The maximum Gasteiger partial charge on any atom is 0.494 e. The third-order valence-electron chi connectivity index (χ3n) is 3.05. The molecule has 1 heterocycles. The molecule has 0 spiro atoms. The Morgan fingerprint density at radius 2 is 1.94 bits per heavy atom. The number of rotatable bonds is 2. The maximum absolute atomic E-state index is 10.9. The molecule has 0 N–H and O–H groups in total. The van der Waals surface area contributed by atoms with Crippen LogP contribution in [0.1, 0.15) is 19.4 Å². The van der Waals surface area contributed by atoms with Crippen LogP contribution >= 0.6 is 0 Å². The summed E-state index contributed by atoms with van der Waals surface area (Å²) >= 11 is 0. The van der Waals surface area contributed by atoms with Crippen LogP contribution in [0.15, 0.2) is 18.2 Å². The lowest BCUT2D eigenvalue weighted by Gasteiger charge is -2.33. The Morgan fingerprint density at radius 3 is 2.50 bits per heavy atom. The van der Waals surface area contributed by atoms with Crippen LogP contribution in [-0.4, -0.2) is 25.3 Å². The first-order valence-corrected chi connectivity index (χ1v) is 5.88. The summed E-state index contributed by atoms with van der Waals surface area (Å²) in [4.78, 5) is 10.5. The van der Waals surface area contributed by atoms with Crippen LogP contribution in [0.4, 0.5) is 5.69 Å². The van der Waals surface area contributed by atoms with Crippen LogP contribution in [0.2, 0.25) is 0 Å². The van der Waals surface area contributed by atoms with Gasteiger partial charge in [-0.25, -0.2) is 0 Å². The molecular formula is C12H16BNO4. The van der Waals surface area contributed by atoms with Crippen molar-refractivity contribution in [2.45, 2.75) is 20.8 Å². The molecule has 96 valence electrons. The van der Waals surface area contributed by atoms with Gasteiger partial charge in [0.05, 0.1) is 4.92 Å². The third-order valence-corrected chi connectivity index (χ3v) is 3.05. The highest BCUT2D eigenvalue weighted by Crippen LogP contribution is 2.23. The Hall–Kier alpha value is -1.40. The average molecular weight is 249 g/mol. The fourth-order valence-corrected chi connectivity index (χ4v) is 1.97. The van der Waals surface area contributed by atoms with Crippen molar-refractivity contribution in [3.63, 3.8) is 0 Å². The normalized spacial score (nSPS) is 18.7. The van der Waals surface area contributed by atoms with Crippen LogP contribution in [0, 0.1) is 22.5 Å². The quantitative estimate of drug-likeness (QED) is 0.454. The van der Waals surface area contributed by atoms with Gasteiger partial charge in [-0.15, -0.1) is 0 Å². The van der Waals surface area contributed by atoms with Crippen molar-refractivity contribution in [3.05, 3.63) is 33.9 Å². The molecule has 0 unspecified atom stereocenters. The molecular weight excluding hydrogens is 233 g/mol. The van der Waals surface area contributed by atoms with Gasteiger partial charge in [0, 0.05) is 30.3 Å². The van der Waals surface area contributed by atoms with Gasteiger partial charge in [-0.2, -0.15) is 0 Å². The minimum atomic E-state index is -0.502. The summed E-state index contributed by atoms with van der Waals surface area (Å²) in [7, 11) is -0.502. The zero-order chi connectivity index (χ0) is 13.3. The Morgan fingerprint density at radius 1 is 1.33 bits per heavy atom. The predicted octanol–water partition coefficient (Wildman–Crippen LogP) is 1.67. The van der Waals surface area contributed by atoms with E-state index in [1.54, 1.807) is 13.0 Å². The minimum absolute atomic E-state index is 0.00881. The molecule has 1 aliphatic rings. The van der Waals surface area contributed by atoms with E-state index in [1.807, 2.05) is 6.07 Å². The van der Waals surface area contributed by atoms with E-state index in [1.165, 1.54) is 6.07 Å². The molecule has 0 aliphatic carbocycles. The number of nitro benzene ring substituents is 1. The summed E-state index contributed by atoms with van der Waals surface area (Å²) < 4.78 is 11.3. The first-order chi connectivity index (χ1) is 8.41. The second kappa shape index (κ2) is 4.70. The second-order valence-corrected chi connectivity index (χ2v) is 5.37. The number of nitrogens with zero attached hydrogens (tertiary/aromatic N) is 1. The van der Waals surface area contributed by atoms with Crippen LogP contribution < -0.4 is 5.46 Å². The average Bonchev–Trinajstić information content (AvgIpc) is 2.29. The Labute approximate surface area is 106 Å². The van der Waals surface area contributed by atoms with Crippen LogP contribution in [-0.2, 0) is 9.31 Å². The molecule has 1 aromatic rings. The molecule has 5 nitrogen and oxygen atoms in total. The molecule has 0 saturated carbocycles. The topological polar surface area (TPSA) is 61.6 Å². The second-order valence-electron chi connectivity index (χ2n) is 5.37. The van der Waals surface area contributed by atoms with Crippen molar-refractivity contribution >= 4 is 18.3 Å². The summed E-state index contributed by atoms with van der Waals surface area (Å²) in [5, 5.41) is 10.9. The molecule has 0 atom stereocenters. The molecule has 0 bridgehead atoms. The monoisotopic (exact) mass is 249 g/mol. The lowest BCUT2D eigenvalue weighted by molar-refractivity contribution is -0.385. The van der Waals surface area contributed by atoms with Gasteiger partial charge in [-0.05, 0) is 12.4 Å². The molecule has 18 heavy (non-hydrogen) atoms. The summed E-state index contributed by atoms with van der Waals surface area (Å²) in [5.74, 6) is 0. The zero-order valence-corrected chi connectivity index (χ0v) is 10.8. The van der Waals surface area contributed by atoms with Gasteiger partial charge >= 0.3 is 7.12 Å². The molecule has 0 aromatic heterocycles. The van der Waals surface area contributed by atoms with Gasteiger partial charge in [0.2, 0.25) is 0 Å². The van der Waals surface area contributed by atoms with E-state index in [0.717, 1.165) is 5.46 Å². The van der Waals surface area contributed by atoms with Gasteiger partial charge in [0.15, 0.2) is 0 Å². The van der Waals surface area contributed by atoms with E-state index in [9.17, 15) is 10.1 Å². The third kappa shape index (κ3) is 2.54. The largest absolute Gasteiger partial charge is 0.494 e. The highest BCUT2D eigenvalue weighted by Gasteiger charge is 2.35. The van der Waals surface area contributed by atoms with E-state index < -0.39 is 7.12 Å². The fourth-order valence-electron chi connectivity index (χ4n) is 1.97.